The maximum absolute atomic E-state index is 5.54. The van der Waals surface area contributed by atoms with Gasteiger partial charge in [-0.3, -0.25) is 0 Å². The summed E-state index contributed by atoms with van der Waals surface area (Å²) < 4.78 is 7.69. The van der Waals surface area contributed by atoms with Crippen molar-refractivity contribution >= 4 is 0 Å². The van der Waals surface area contributed by atoms with Crippen LogP contribution in [0.1, 0.15) is 32.4 Å². The molecule has 1 heterocycles. The van der Waals surface area contributed by atoms with E-state index in [-0.39, 0.29) is 0 Å². The van der Waals surface area contributed by atoms with E-state index in [1.165, 1.54) is 12.1 Å². The molecule has 0 atom stereocenters. The second kappa shape index (κ2) is 8.30. The fourth-order valence-electron chi connectivity index (χ4n) is 1.46. The molecule has 0 amide bonds. The van der Waals surface area contributed by atoms with E-state index in [1.54, 1.807) is 0 Å². The Labute approximate surface area is 98.0 Å². The Kier molecular flexibility index (Phi) is 6.85. The molecule has 1 rings (SSSR count). The highest BCUT2D eigenvalue weighted by Gasteiger charge is 2.00. The normalized spacial score (nSPS) is 10.9. The molecule has 0 aliphatic heterocycles. The highest BCUT2D eigenvalue weighted by atomic mass is 16.5. The molecule has 16 heavy (non-hydrogen) atoms. The number of ether oxygens (including phenoxy) is 1. The van der Waals surface area contributed by atoms with Crippen LogP contribution in [0.3, 0.4) is 0 Å². The van der Waals surface area contributed by atoms with E-state index in [1.807, 2.05) is 12.5 Å². The van der Waals surface area contributed by atoms with Gasteiger partial charge in [-0.25, -0.2) is 4.98 Å². The van der Waals surface area contributed by atoms with Crippen LogP contribution >= 0.6 is 0 Å². The van der Waals surface area contributed by atoms with Crippen LogP contribution in [0.4, 0.5) is 0 Å². The lowest BCUT2D eigenvalue weighted by Gasteiger charge is -2.08. The zero-order chi connectivity index (χ0) is 11.6. The van der Waals surface area contributed by atoms with Crippen LogP contribution in [0.15, 0.2) is 12.5 Å². The van der Waals surface area contributed by atoms with Gasteiger partial charge in [-0.05, 0) is 13.0 Å². The molecule has 0 saturated carbocycles. The fourth-order valence-corrected chi connectivity index (χ4v) is 1.46. The minimum Gasteiger partial charge on any atom is -0.380 e. The van der Waals surface area contributed by atoms with E-state index in [9.17, 15) is 0 Å². The molecule has 0 aromatic carbocycles. The number of imidazole rings is 1. The Morgan fingerprint density at radius 2 is 2.25 bits per heavy atom. The van der Waals surface area contributed by atoms with Crippen molar-refractivity contribution in [3.8, 4) is 0 Å². The van der Waals surface area contributed by atoms with Gasteiger partial charge in [0, 0.05) is 25.9 Å². The van der Waals surface area contributed by atoms with Gasteiger partial charge in [0.2, 0.25) is 0 Å². The standard InChI is InChI=1S/C12H23N3O/c1-3-5-7-16-8-6-15-11-14-10-12(15)9-13-4-2/h10-11,13H,3-9H2,1-2H3. The summed E-state index contributed by atoms with van der Waals surface area (Å²) in [7, 11) is 0. The van der Waals surface area contributed by atoms with Crippen molar-refractivity contribution in [3.05, 3.63) is 18.2 Å². The lowest BCUT2D eigenvalue weighted by Crippen LogP contribution is -2.16. The molecule has 0 spiro atoms. The molecular formula is C12H23N3O. The van der Waals surface area contributed by atoms with Gasteiger partial charge in [-0.1, -0.05) is 20.3 Å². The van der Waals surface area contributed by atoms with Crippen LogP contribution in [0.5, 0.6) is 0 Å². The van der Waals surface area contributed by atoms with Crippen molar-refractivity contribution in [2.24, 2.45) is 0 Å². The van der Waals surface area contributed by atoms with Crippen molar-refractivity contribution in [3.63, 3.8) is 0 Å². The third kappa shape index (κ3) is 4.77. The molecular weight excluding hydrogens is 202 g/mol. The summed E-state index contributed by atoms with van der Waals surface area (Å²) in [5.74, 6) is 0. The average Bonchev–Trinajstić information content (AvgIpc) is 2.74. The third-order valence-electron chi connectivity index (χ3n) is 2.47. The molecule has 1 N–H and O–H groups in total. The first-order valence-corrected chi connectivity index (χ1v) is 6.16. The van der Waals surface area contributed by atoms with Crippen molar-refractivity contribution < 1.29 is 4.74 Å². The summed E-state index contributed by atoms with van der Waals surface area (Å²) in [6.07, 6.45) is 6.12. The van der Waals surface area contributed by atoms with Crippen molar-refractivity contribution in [1.82, 2.24) is 14.9 Å². The molecule has 0 aliphatic carbocycles. The smallest absolute Gasteiger partial charge is 0.0949 e. The summed E-state index contributed by atoms with van der Waals surface area (Å²) in [5.41, 5.74) is 1.22. The summed E-state index contributed by atoms with van der Waals surface area (Å²) in [5, 5.41) is 3.30. The largest absolute Gasteiger partial charge is 0.380 e. The Bertz CT molecular complexity index is 273. The molecule has 0 aliphatic rings. The molecule has 4 nitrogen and oxygen atoms in total. The molecule has 1 aromatic heterocycles. The molecule has 0 bridgehead atoms. The number of nitrogens with zero attached hydrogens (tertiary/aromatic N) is 2. The number of hydrogen-bond donors (Lipinski definition) is 1. The molecule has 0 radical (unpaired) electrons. The number of nitrogens with one attached hydrogen (secondary N) is 1. The van der Waals surface area contributed by atoms with Crippen molar-refractivity contribution in [2.45, 2.75) is 39.8 Å². The zero-order valence-corrected chi connectivity index (χ0v) is 10.4. The van der Waals surface area contributed by atoms with Gasteiger partial charge in [0.05, 0.1) is 18.6 Å². The lowest BCUT2D eigenvalue weighted by atomic mass is 10.4. The number of rotatable bonds is 9. The van der Waals surface area contributed by atoms with Crippen LogP contribution in [-0.4, -0.2) is 29.3 Å². The van der Waals surface area contributed by atoms with E-state index in [0.717, 1.165) is 39.3 Å². The highest BCUT2D eigenvalue weighted by Crippen LogP contribution is 1.99. The van der Waals surface area contributed by atoms with Gasteiger partial charge in [-0.2, -0.15) is 0 Å². The first-order valence-electron chi connectivity index (χ1n) is 6.16. The third-order valence-corrected chi connectivity index (χ3v) is 2.47. The predicted molar refractivity (Wildman–Crippen MR) is 65.3 cm³/mol. The average molecular weight is 225 g/mol. The van der Waals surface area contributed by atoms with Crippen molar-refractivity contribution in [2.75, 3.05) is 19.8 Å². The van der Waals surface area contributed by atoms with Gasteiger partial charge in [0.1, 0.15) is 0 Å². The Morgan fingerprint density at radius 3 is 3.00 bits per heavy atom. The first kappa shape index (κ1) is 13.2. The Hall–Kier alpha value is -0.870. The van der Waals surface area contributed by atoms with E-state index in [2.05, 4.69) is 28.7 Å². The van der Waals surface area contributed by atoms with Crippen LogP contribution < -0.4 is 5.32 Å². The Balaban J connectivity index is 2.22. The number of unbranched alkanes of at least 4 members (excludes halogenated alkanes) is 1. The molecule has 1 aromatic rings. The van der Waals surface area contributed by atoms with Gasteiger partial charge in [0.25, 0.3) is 0 Å². The second-order valence-corrected chi connectivity index (χ2v) is 3.82. The minimum absolute atomic E-state index is 0.773. The summed E-state index contributed by atoms with van der Waals surface area (Å²) in [6, 6.07) is 0. The molecule has 4 heteroatoms. The molecule has 0 fully saturated rings. The molecule has 0 unspecified atom stereocenters. The van der Waals surface area contributed by atoms with E-state index in [0.29, 0.717) is 0 Å². The topological polar surface area (TPSA) is 39.1 Å². The summed E-state index contributed by atoms with van der Waals surface area (Å²) >= 11 is 0. The SMILES string of the molecule is CCCCOCCn1cncc1CNCC. The first-order chi connectivity index (χ1) is 7.88. The van der Waals surface area contributed by atoms with Gasteiger partial charge in [-0.15, -0.1) is 0 Å². The number of aromatic nitrogens is 2. The minimum atomic E-state index is 0.773. The second-order valence-electron chi connectivity index (χ2n) is 3.82. The fraction of sp³-hybridized carbons (Fsp3) is 0.750. The summed E-state index contributed by atoms with van der Waals surface area (Å²) in [4.78, 5) is 4.16. The molecule has 0 saturated heterocycles. The molecule has 92 valence electrons. The monoisotopic (exact) mass is 225 g/mol. The maximum atomic E-state index is 5.54. The van der Waals surface area contributed by atoms with E-state index in [4.69, 9.17) is 4.74 Å². The van der Waals surface area contributed by atoms with Gasteiger partial charge in [0.15, 0.2) is 0 Å². The zero-order valence-electron chi connectivity index (χ0n) is 10.4. The van der Waals surface area contributed by atoms with E-state index >= 15 is 0 Å². The van der Waals surface area contributed by atoms with Crippen LogP contribution in [0.25, 0.3) is 0 Å². The summed E-state index contributed by atoms with van der Waals surface area (Å²) in [6.45, 7) is 8.68. The van der Waals surface area contributed by atoms with Crippen molar-refractivity contribution in [1.29, 1.82) is 0 Å². The number of hydrogen-bond acceptors (Lipinski definition) is 3. The van der Waals surface area contributed by atoms with E-state index < -0.39 is 0 Å². The predicted octanol–water partition coefficient (Wildman–Crippen LogP) is 1.81. The van der Waals surface area contributed by atoms with Gasteiger partial charge >= 0.3 is 0 Å². The maximum Gasteiger partial charge on any atom is 0.0949 e. The Morgan fingerprint density at radius 1 is 1.38 bits per heavy atom. The lowest BCUT2D eigenvalue weighted by molar-refractivity contribution is 0.123. The van der Waals surface area contributed by atoms with Gasteiger partial charge < -0.3 is 14.6 Å². The quantitative estimate of drug-likeness (QED) is 0.651. The van der Waals surface area contributed by atoms with Crippen LogP contribution in [0.2, 0.25) is 0 Å². The van der Waals surface area contributed by atoms with Crippen LogP contribution in [0, 0.1) is 0 Å². The highest BCUT2D eigenvalue weighted by molar-refractivity contribution is 4.97. The van der Waals surface area contributed by atoms with Crippen LogP contribution in [-0.2, 0) is 17.8 Å².